The van der Waals surface area contributed by atoms with Crippen LogP contribution in [0.2, 0.25) is 0 Å². The summed E-state index contributed by atoms with van der Waals surface area (Å²) in [6, 6.07) is 7.73. The Hall–Kier alpha value is -1.88. The fourth-order valence-electron chi connectivity index (χ4n) is 1.82. The quantitative estimate of drug-likeness (QED) is 0.764. The molecule has 1 aromatic rings. The van der Waals surface area contributed by atoms with Crippen molar-refractivity contribution in [2.45, 2.75) is 39.3 Å². The van der Waals surface area contributed by atoms with Gasteiger partial charge >= 0.3 is 5.97 Å². The molecule has 0 fully saturated rings. The van der Waals surface area contributed by atoms with Crippen molar-refractivity contribution in [2.75, 3.05) is 0 Å². The standard InChI is InChI=1S/C15H22N2O3/c1-15(2,3)11(9-12(18)19)17-14(20)13(16)10-7-5-4-6-8-10/h4-8,11,13H,9,16H2,1-3H3,(H,17,20)(H,18,19). The Balaban J connectivity index is 2.78. The normalized spacial score (nSPS) is 14.4. The zero-order valence-corrected chi connectivity index (χ0v) is 12.1. The predicted octanol–water partition coefficient (Wildman–Crippen LogP) is 1.69. The Bertz CT molecular complexity index is 466. The van der Waals surface area contributed by atoms with E-state index < -0.39 is 18.1 Å². The van der Waals surface area contributed by atoms with Gasteiger partial charge < -0.3 is 16.2 Å². The minimum atomic E-state index is -0.946. The van der Waals surface area contributed by atoms with E-state index in [1.165, 1.54) is 0 Å². The van der Waals surface area contributed by atoms with Gasteiger partial charge in [0, 0.05) is 6.04 Å². The van der Waals surface area contributed by atoms with Crippen LogP contribution in [0, 0.1) is 5.41 Å². The van der Waals surface area contributed by atoms with E-state index in [0.29, 0.717) is 5.56 Å². The molecule has 2 unspecified atom stereocenters. The van der Waals surface area contributed by atoms with Crippen LogP contribution in [-0.4, -0.2) is 23.0 Å². The van der Waals surface area contributed by atoms with Crippen LogP contribution in [0.3, 0.4) is 0 Å². The zero-order chi connectivity index (χ0) is 15.3. The van der Waals surface area contributed by atoms with E-state index in [4.69, 9.17) is 10.8 Å². The number of nitrogens with one attached hydrogen (secondary N) is 1. The number of carboxylic acids is 1. The van der Waals surface area contributed by atoms with Crippen LogP contribution >= 0.6 is 0 Å². The smallest absolute Gasteiger partial charge is 0.305 e. The second-order valence-electron chi connectivity index (χ2n) is 5.91. The molecule has 0 aliphatic heterocycles. The van der Waals surface area contributed by atoms with Crippen molar-refractivity contribution in [3.05, 3.63) is 35.9 Å². The average molecular weight is 278 g/mol. The van der Waals surface area contributed by atoms with Crippen molar-refractivity contribution in [3.8, 4) is 0 Å². The van der Waals surface area contributed by atoms with Gasteiger partial charge in [-0.2, -0.15) is 0 Å². The number of aliphatic carboxylic acids is 1. The minimum absolute atomic E-state index is 0.128. The molecule has 0 spiro atoms. The van der Waals surface area contributed by atoms with Crippen LogP contribution < -0.4 is 11.1 Å². The van der Waals surface area contributed by atoms with Crippen LogP contribution in [-0.2, 0) is 9.59 Å². The highest BCUT2D eigenvalue weighted by Crippen LogP contribution is 2.22. The summed E-state index contributed by atoms with van der Waals surface area (Å²) in [5.74, 6) is -1.31. The van der Waals surface area contributed by atoms with Crippen molar-refractivity contribution in [3.63, 3.8) is 0 Å². The van der Waals surface area contributed by atoms with Crippen LogP contribution in [0.25, 0.3) is 0 Å². The van der Waals surface area contributed by atoms with E-state index in [1.807, 2.05) is 26.8 Å². The van der Waals surface area contributed by atoms with Gasteiger partial charge in [-0.05, 0) is 11.0 Å². The van der Waals surface area contributed by atoms with E-state index in [-0.39, 0.29) is 17.7 Å². The van der Waals surface area contributed by atoms with Gasteiger partial charge in [-0.25, -0.2) is 0 Å². The number of amides is 1. The van der Waals surface area contributed by atoms with E-state index >= 15 is 0 Å². The van der Waals surface area contributed by atoms with Gasteiger partial charge in [0.1, 0.15) is 6.04 Å². The van der Waals surface area contributed by atoms with Crippen molar-refractivity contribution in [1.29, 1.82) is 0 Å². The number of carboxylic acid groups (broad SMARTS) is 1. The molecule has 20 heavy (non-hydrogen) atoms. The van der Waals surface area contributed by atoms with Gasteiger partial charge in [-0.15, -0.1) is 0 Å². The molecular weight excluding hydrogens is 256 g/mol. The number of nitrogens with two attached hydrogens (primary N) is 1. The first-order chi connectivity index (χ1) is 9.21. The fourth-order valence-corrected chi connectivity index (χ4v) is 1.82. The summed E-state index contributed by atoms with van der Waals surface area (Å²) in [4.78, 5) is 23.0. The summed E-state index contributed by atoms with van der Waals surface area (Å²) in [7, 11) is 0. The third-order valence-corrected chi connectivity index (χ3v) is 3.18. The van der Waals surface area contributed by atoms with Gasteiger partial charge in [0.25, 0.3) is 0 Å². The number of benzene rings is 1. The fraction of sp³-hybridized carbons (Fsp3) is 0.467. The van der Waals surface area contributed by atoms with Crippen LogP contribution in [0.5, 0.6) is 0 Å². The van der Waals surface area contributed by atoms with E-state index in [0.717, 1.165) is 0 Å². The van der Waals surface area contributed by atoms with Crippen molar-refractivity contribution < 1.29 is 14.7 Å². The average Bonchev–Trinajstić information content (AvgIpc) is 2.36. The molecule has 4 N–H and O–H groups in total. The SMILES string of the molecule is CC(C)(C)C(CC(=O)O)NC(=O)C(N)c1ccccc1. The highest BCUT2D eigenvalue weighted by molar-refractivity contribution is 5.83. The lowest BCUT2D eigenvalue weighted by molar-refractivity contribution is -0.138. The molecule has 5 nitrogen and oxygen atoms in total. The lowest BCUT2D eigenvalue weighted by atomic mass is 9.84. The molecule has 1 aromatic carbocycles. The van der Waals surface area contributed by atoms with Gasteiger partial charge in [-0.3, -0.25) is 9.59 Å². The maximum Gasteiger partial charge on any atom is 0.305 e. The summed E-state index contributed by atoms with van der Waals surface area (Å²) < 4.78 is 0. The summed E-state index contributed by atoms with van der Waals surface area (Å²) in [6.45, 7) is 5.65. The lowest BCUT2D eigenvalue weighted by Crippen LogP contribution is -2.48. The summed E-state index contributed by atoms with van der Waals surface area (Å²) in [5.41, 5.74) is 6.25. The van der Waals surface area contributed by atoms with Crippen molar-refractivity contribution in [1.82, 2.24) is 5.32 Å². The first-order valence-corrected chi connectivity index (χ1v) is 6.54. The van der Waals surface area contributed by atoms with E-state index in [1.54, 1.807) is 24.3 Å². The van der Waals surface area contributed by atoms with Gasteiger partial charge in [0.15, 0.2) is 0 Å². The van der Waals surface area contributed by atoms with Gasteiger partial charge in [0.2, 0.25) is 5.91 Å². The van der Waals surface area contributed by atoms with Gasteiger partial charge in [0.05, 0.1) is 6.42 Å². The van der Waals surface area contributed by atoms with Crippen LogP contribution in [0.4, 0.5) is 0 Å². The Labute approximate surface area is 119 Å². The monoisotopic (exact) mass is 278 g/mol. The number of hydrogen-bond acceptors (Lipinski definition) is 3. The number of rotatable bonds is 5. The van der Waals surface area contributed by atoms with E-state index in [9.17, 15) is 9.59 Å². The first-order valence-electron chi connectivity index (χ1n) is 6.54. The van der Waals surface area contributed by atoms with Crippen LogP contribution in [0.1, 0.15) is 38.8 Å². The summed E-state index contributed by atoms with van der Waals surface area (Å²) in [6.07, 6.45) is -0.128. The Morgan fingerprint density at radius 1 is 1.25 bits per heavy atom. The second kappa shape index (κ2) is 6.52. The molecule has 1 rings (SSSR count). The molecular formula is C15H22N2O3. The van der Waals surface area contributed by atoms with Crippen LogP contribution in [0.15, 0.2) is 30.3 Å². The largest absolute Gasteiger partial charge is 0.481 e. The Morgan fingerprint density at radius 2 is 1.80 bits per heavy atom. The molecule has 110 valence electrons. The number of hydrogen-bond donors (Lipinski definition) is 3. The molecule has 0 saturated heterocycles. The molecule has 0 aromatic heterocycles. The Kier molecular flexibility index (Phi) is 5.27. The maximum absolute atomic E-state index is 12.2. The molecule has 0 radical (unpaired) electrons. The third kappa shape index (κ3) is 4.66. The molecule has 0 bridgehead atoms. The molecule has 0 aliphatic rings. The lowest BCUT2D eigenvalue weighted by Gasteiger charge is -2.31. The van der Waals surface area contributed by atoms with Crippen molar-refractivity contribution in [2.24, 2.45) is 11.1 Å². The number of carbonyl (C=O) groups excluding carboxylic acids is 1. The molecule has 0 aliphatic carbocycles. The highest BCUT2D eigenvalue weighted by Gasteiger charge is 2.30. The second-order valence-corrected chi connectivity index (χ2v) is 5.91. The molecule has 0 saturated carbocycles. The minimum Gasteiger partial charge on any atom is -0.481 e. The molecule has 5 heteroatoms. The Morgan fingerprint density at radius 3 is 2.25 bits per heavy atom. The van der Waals surface area contributed by atoms with Gasteiger partial charge in [-0.1, -0.05) is 51.1 Å². The summed E-state index contributed by atoms with van der Waals surface area (Å²) in [5, 5.41) is 11.7. The zero-order valence-electron chi connectivity index (χ0n) is 12.1. The molecule has 2 atom stereocenters. The summed E-state index contributed by atoms with van der Waals surface area (Å²) >= 11 is 0. The maximum atomic E-state index is 12.2. The number of carbonyl (C=O) groups is 2. The predicted molar refractivity (Wildman–Crippen MR) is 77.0 cm³/mol. The topological polar surface area (TPSA) is 92.4 Å². The first kappa shape index (κ1) is 16.2. The molecule has 1 amide bonds. The van der Waals surface area contributed by atoms with Crippen molar-refractivity contribution >= 4 is 11.9 Å². The molecule has 0 heterocycles. The van der Waals surface area contributed by atoms with E-state index in [2.05, 4.69) is 5.32 Å². The highest BCUT2D eigenvalue weighted by atomic mass is 16.4. The third-order valence-electron chi connectivity index (χ3n) is 3.18.